The predicted molar refractivity (Wildman–Crippen MR) is 53.6 cm³/mol. The van der Waals surface area contributed by atoms with Crippen LogP contribution in [0.25, 0.3) is 0 Å². The van der Waals surface area contributed by atoms with Gasteiger partial charge in [0.2, 0.25) is 0 Å². The Morgan fingerprint density at radius 3 is 1.79 bits per heavy atom. The van der Waals surface area contributed by atoms with Crippen molar-refractivity contribution in [3.05, 3.63) is 30.3 Å². The third kappa shape index (κ3) is 2.99. The van der Waals surface area contributed by atoms with Crippen molar-refractivity contribution in [1.82, 2.24) is 0 Å². The summed E-state index contributed by atoms with van der Waals surface area (Å²) in [5.74, 6) is 0.418. The zero-order chi connectivity index (χ0) is 10.4. The van der Waals surface area contributed by atoms with Gasteiger partial charge in [-0.15, -0.1) is 0 Å². The Kier molecular flexibility index (Phi) is 4.97. The highest BCUT2D eigenvalue weighted by molar-refractivity contribution is 6.65. The topological polar surface area (TPSA) is 36.9 Å². The number of rotatable bonds is 5. The molecule has 1 aromatic carbocycles. The van der Waals surface area contributed by atoms with Crippen LogP contribution in [0.5, 0.6) is 5.75 Å². The van der Waals surface area contributed by atoms with Crippen LogP contribution < -0.4 is 4.43 Å². The molecule has 14 heavy (non-hydrogen) atoms. The Morgan fingerprint density at radius 1 is 0.857 bits per heavy atom. The van der Waals surface area contributed by atoms with Gasteiger partial charge in [0.1, 0.15) is 5.75 Å². The highest BCUT2D eigenvalue weighted by atomic mass is 35.5. The predicted octanol–water partition coefficient (Wildman–Crippen LogP) is 3.01. The van der Waals surface area contributed by atoms with E-state index in [1.54, 1.807) is 30.3 Å². The summed E-state index contributed by atoms with van der Waals surface area (Å²) in [5, 5.41) is 0. The van der Waals surface area contributed by atoms with Crippen LogP contribution in [-0.2, 0) is 11.9 Å². The van der Waals surface area contributed by atoms with Gasteiger partial charge in [-0.05, 0) is 12.1 Å². The van der Waals surface area contributed by atoms with E-state index in [1.807, 2.05) is 0 Å². The lowest BCUT2D eigenvalue weighted by Gasteiger charge is -2.17. The number of hydrogen-bond acceptors (Lipinski definition) is 4. The van der Waals surface area contributed by atoms with Gasteiger partial charge in [-0.2, -0.15) is 0 Å². The fourth-order valence-corrected chi connectivity index (χ4v) is 2.45. The van der Waals surface area contributed by atoms with Gasteiger partial charge in [-0.3, -0.25) is 0 Å². The molecule has 0 spiro atoms. The normalized spacial score (nSPS) is 11.4. The third-order valence-electron chi connectivity index (χ3n) is 1.27. The number of hydrogen-bond donors (Lipinski definition) is 0. The van der Waals surface area contributed by atoms with E-state index in [4.69, 9.17) is 40.0 Å². The van der Waals surface area contributed by atoms with Crippen molar-refractivity contribution < 1.29 is 16.4 Å². The number of halogens is 3. The van der Waals surface area contributed by atoms with Gasteiger partial charge in [0.05, 0.1) is 35.6 Å². The molecule has 0 aliphatic carbocycles. The molecule has 1 aromatic rings. The van der Waals surface area contributed by atoms with E-state index >= 15 is 0 Å². The molecular formula is C6H5Cl3O4Si. The first-order valence-electron chi connectivity index (χ1n) is 3.39. The van der Waals surface area contributed by atoms with Gasteiger partial charge in [0.15, 0.2) is 0 Å². The van der Waals surface area contributed by atoms with E-state index in [9.17, 15) is 0 Å². The summed E-state index contributed by atoms with van der Waals surface area (Å²) < 4.78 is 18.1. The zero-order valence-electron chi connectivity index (χ0n) is 6.65. The van der Waals surface area contributed by atoms with Gasteiger partial charge in [0.25, 0.3) is 0 Å². The molecule has 0 radical (unpaired) electrons. The Bertz CT molecular complexity index is 261. The Labute approximate surface area is 97.2 Å². The summed E-state index contributed by atoms with van der Waals surface area (Å²) in [5.41, 5.74) is 0. The van der Waals surface area contributed by atoms with Crippen LogP contribution >= 0.6 is 35.6 Å². The van der Waals surface area contributed by atoms with E-state index in [0.717, 1.165) is 0 Å². The van der Waals surface area contributed by atoms with Crippen LogP contribution in [0.15, 0.2) is 30.3 Å². The lowest BCUT2D eigenvalue weighted by molar-refractivity contribution is 0.183. The minimum atomic E-state index is -3.66. The maximum Gasteiger partial charge on any atom is 0.800 e. The van der Waals surface area contributed by atoms with Crippen LogP contribution in [0.2, 0.25) is 0 Å². The summed E-state index contributed by atoms with van der Waals surface area (Å²) in [6.07, 6.45) is 0. The van der Waals surface area contributed by atoms with E-state index in [0.29, 0.717) is 5.75 Å². The summed E-state index contributed by atoms with van der Waals surface area (Å²) in [7, 11) is -3.66. The minimum absolute atomic E-state index is 0.418. The maximum atomic E-state index is 5.13. The van der Waals surface area contributed by atoms with Gasteiger partial charge >= 0.3 is 9.05 Å². The molecule has 4 nitrogen and oxygen atoms in total. The quantitative estimate of drug-likeness (QED) is 0.774. The van der Waals surface area contributed by atoms with Crippen molar-refractivity contribution in [2.75, 3.05) is 0 Å². The molecule has 0 aliphatic rings. The summed E-state index contributed by atoms with van der Waals surface area (Å²) in [6.45, 7) is 0. The fourth-order valence-electron chi connectivity index (χ4n) is 0.716. The van der Waals surface area contributed by atoms with Crippen molar-refractivity contribution in [2.45, 2.75) is 0 Å². The maximum absolute atomic E-state index is 5.13. The number of para-hydroxylation sites is 1. The Balaban J connectivity index is 2.74. The first kappa shape index (κ1) is 12.1. The van der Waals surface area contributed by atoms with Crippen LogP contribution in [-0.4, -0.2) is 9.05 Å². The van der Waals surface area contributed by atoms with Crippen LogP contribution in [0.4, 0.5) is 0 Å². The molecule has 0 saturated carbocycles. The van der Waals surface area contributed by atoms with Crippen molar-refractivity contribution in [3.8, 4) is 5.75 Å². The monoisotopic (exact) mass is 274 g/mol. The molecule has 0 heterocycles. The van der Waals surface area contributed by atoms with Crippen LogP contribution in [0, 0.1) is 0 Å². The van der Waals surface area contributed by atoms with Crippen molar-refractivity contribution in [3.63, 3.8) is 0 Å². The number of benzene rings is 1. The van der Waals surface area contributed by atoms with Gasteiger partial charge in [-0.25, -0.2) is 11.9 Å². The molecule has 0 aliphatic heterocycles. The molecule has 0 N–H and O–H groups in total. The van der Waals surface area contributed by atoms with E-state index in [2.05, 4.69) is 11.9 Å². The molecule has 0 fully saturated rings. The van der Waals surface area contributed by atoms with Gasteiger partial charge in [0, 0.05) is 0 Å². The minimum Gasteiger partial charge on any atom is -0.478 e. The third-order valence-corrected chi connectivity index (χ3v) is 4.02. The molecule has 0 aromatic heterocycles. The first-order valence-corrected chi connectivity index (χ1v) is 5.95. The van der Waals surface area contributed by atoms with Crippen molar-refractivity contribution in [1.29, 1.82) is 0 Å². The van der Waals surface area contributed by atoms with E-state index in [-0.39, 0.29) is 0 Å². The molecule has 8 heteroatoms. The molecule has 78 valence electrons. The molecule has 1 rings (SSSR count). The van der Waals surface area contributed by atoms with Crippen LogP contribution in [0.1, 0.15) is 0 Å². The molecular weight excluding hydrogens is 271 g/mol. The average Bonchev–Trinajstić information content (AvgIpc) is 2.28. The second-order valence-electron chi connectivity index (χ2n) is 2.15. The molecule has 0 atom stereocenters. The average molecular weight is 276 g/mol. The van der Waals surface area contributed by atoms with Crippen LogP contribution in [0.3, 0.4) is 0 Å². The Morgan fingerprint density at radius 2 is 1.36 bits per heavy atom. The SMILES string of the molecule is ClO[Si](OCl)(OCl)Oc1ccccc1. The largest absolute Gasteiger partial charge is 0.800 e. The fraction of sp³-hybridized carbons (Fsp3) is 0. The van der Waals surface area contributed by atoms with Gasteiger partial charge in [-0.1, -0.05) is 18.2 Å². The lowest BCUT2D eigenvalue weighted by Crippen LogP contribution is -2.45. The summed E-state index contributed by atoms with van der Waals surface area (Å²) >= 11 is 15.3. The summed E-state index contributed by atoms with van der Waals surface area (Å²) in [4.78, 5) is 0. The Hall–Kier alpha value is -0.0131. The van der Waals surface area contributed by atoms with Gasteiger partial charge < -0.3 is 4.43 Å². The highest BCUT2D eigenvalue weighted by Gasteiger charge is 2.51. The molecule has 0 saturated heterocycles. The van der Waals surface area contributed by atoms with Crippen molar-refractivity contribution >= 4 is 44.6 Å². The van der Waals surface area contributed by atoms with E-state index < -0.39 is 9.05 Å². The second kappa shape index (κ2) is 5.77. The zero-order valence-corrected chi connectivity index (χ0v) is 9.92. The van der Waals surface area contributed by atoms with E-state index in [1.165, 1.54) is 0 Å². The smallest absolute Gasteiger partial charge is 0.478 e. The standard InChI is InChI=1S/C6H5Cl3O4Si/c7-11-14(12-8,13-9)10-6-4-2-1-3-5-6/h1-5H. The first-order chi connectivity index (χ1) is 6.76. The molecule has 0 amide bonds. The molecule has 0 unspecified atom stereocenters. The second-order valence-corrected chi connectivity index (χ2v) is 5.20. The lowest BCUT2D eigenvalue weighted by atomic mass is 10.3. The van der Waals surface area contributed by atoms with Crippen molar-refractivity contribution in [2.24, 2.45) is 0 Å². The summed E-state index contributed by atoms with van der Waals surface area (Å²) in [6, 6.07) is 8.57. The highest BCUT2D eigenvalue weighted by Crippen LogP contribution is 2.21. The molecule has 0 bridgehead atoms.